The van der Waals surface area contributed by atoms with E-state index in [0.29, 0.717) is 11.8 Å². The minimum absolute atomic E-state index is 0.366. The summed E-state index contributed by atoms with van der Waals surface area (Å²) in [5.74, 6) is 1.61. The van der Waals surface area contributed by atoms with E-state index in [9.17, 15) is 0 Å². The number of anilines is 1. The summed E-state index contributed by atoms with van der Waals surface area (Å²) in [6.45, 7) is 6.62. The second kappa shape index (κ2) is 5.37. The maximum Gasteiger partial charge on any atom is 0.129 e. The summed E-state index contributed by atoms with van der Waals surface area (Å²) in [4.78, 5) is 0. The number of halogens is 1. The van der Waals surface area contributed by atoms with Crippen molar-refractivity contribution in [2.75, 3.05) is 5.73 Å². The highest BCUT2D eigenvalue weighted by Gasteiger charge is 2.23. The first-order valence-corrected chi connectivity index (χ1v) is 7.30. The van der Waals surface area contributed by atoms with Gasteiger partial charge in [0.15, 0.2) is 0 Å². The van der Waals surface area contributed by atoms with E-state index in [1.165, 1.54) is 0 Å². The first kappa shape index (κ1) is 14.1. The van der Waals surface area contributed by atoms with Gasteiger partial charge in [0.2, 0.25) is 0 Å². The van der Waals surface area contributed by atoms with Crippen LogP contribution in [0.2, 0.25) is 0 Å². The Balaban J connectivity index is 2.66. The number of aryl methyl sites for hydroxylation is 1. The molecule has 102 valence electrons. The Morgan fingerprint density at radius 1 is 1.21 bits per heavy atom. The SMILES string of the molecule is CC(C)C(C)c1nn(C)c(N)c1-c1ccccc1Br. The van der Waals surface area contributed by atoms with Crippen LogP contribution in [0, 0.1) is 5.92 Å². The van der Waals surface area contributed by atoms with Gasteiger partial charge >= 0.3 is 0 Å². The van der Waals surface area contributed by atoms with Crippen molar-refractivity contribution in [2.24, 2.45) is 13.0 Å². The molecule has 4 heteroatoms. The highest BCUT2D eigenvalue weighted by molar-refractivity contribution is 9.10. The van der Waals surface area contributed by atoms with E-state index in [1.807, 2.05) is 25.2 Å². The first-order valence-electron chi connectivity index (χ1n) is 6.50. The molecule has 1 unspecified atom stereocenters. The van der Waals surface area contributed by atoms with Crippen LogP contribution in [-0.2, 0) is 7.05 Å². The van der Waals surface area contributed by atoms with Crippen molar-refractivity contribution in [3.8, 4) is 11.1 Å². The molecule has 2 aromatic rings. The predicted molar refractivity (Wildman–Crippen MR) is 84.0 cm³/mol. The van der Waals surface area contributed by atoms with Gasteiger partial charge in [-0.25, -0.2) is 0 Å². The van der Waals surface area contributed by atoms with Crippen molar-refractivity contribution in [1.82, 2.24) is 9.78 Å². The Morgan fingerprint density at radius 2 is 1.84 bits per heavy atom. The molecule has 0 fully saturated rings. The lowest BCUT2D eigenvalue weighted by molar-refractivity contribution is 0.517. The van der Waals surface area contributed by atoms with E-state index in [2.05, 4.69) is 47.9 Å². The Labute approximate surface area is 122 Å². The molecule has 0 aliphatic carbocycles. The molecule has 0 aliphatic rings. The quantitative estimate of drug-likeness (QED) is 0.921. The van der Waals surface area contributed by atoms with Crippen LogP contribution in [-0.4, -0.2) is 9.78 Å². The first-order chi connectivity index (χ1) is 8.93. The van der Waals surface area contributed by atoms with Gasteiger partial charge in [0, 0.05) is 28.6 Å². The predicted octanol–water partition coefficient (Wildman–Crippen LogP) is 4.19. The number of nitrogens with two attached hydrogens (primary N) is 1. The highest BCUT2D eigenvalue weighted by Crippen LogP contribution is 2.39. The largest absolute Gasteiger partial charge is 0.383 e. The van der Waals surface area contributed by atoms with E-state index < -0.39 is 0 Å². The van der Waals surface area contributed by atoms with Gasteiger partial charge < -0.3 is 5.73 Å². The number of benzene rings is 1. The van der Waals surface area contributed by atoms with Crippen molar-refractivity contribution in [3.63, 3.8) is 0 Å². The summed E-state index contributed by atoms with van der Waals surface area (Å²) < 4.78 is 2.81. The van der Waals surface area contributed by atoms with Gasteiger partial charge in [-0.05, 0) is 12.0 Å². The lowest BCUT2D eigenvalue weighted by Gasteiger charge is -2.15. The molecular formula is C15H20BrN3. The van der Waals surface area contributed by atoms with E-state index >= 15 is 0 Å². The van der Waals surface area contributed by atoms with Crippen molar-refractivity contribution in [3.05, 3.63) is 34.4 Å². The third-order valence-electron chi connectivity index (χ3n) is 3.69. The number of aromatic nitrogens is 2. The zero-order chi connectivity index (χ0) is 14.2. The molecular weight excluding hydrogens is 302 g/mol. The number of hydrogen-bond acceptors (Lipinski definition) is 2. The minimum Gasteiger partial charge on any atom is -0.383 e. The van der Waals surface area contributed by atoms with Crippen LogP contribution in [0.3, 0.4) is 0 Å². The van der Waals surface area contributed by atoms with Crippen molar-refractivity contribution in [1.29, 1.82) is 0 Å². The molecule has 19 heavy (non-hydrogen) atoms. The van der Waals surface area contributed by atoms with Crippen LogP contribution in [0.1, 0.15) is 32.4 Å². The molecule has 0 bridgehead atoms. The third-order valence-corrected chi connectivity index (χ3v) is 4.38. The Bertz CT molecular complexity index is 587. The molecule has 0 saturated heterocycles. The van der Waals surface area contributed by atoms with E-state index in [0.717, 1.165) is 27.1 Å². The van der Waals surface area contributed by atoms with Crippen molar-refractivity contribution >= 4 is 21.7 Å². The molecule has 3 nitrogen and oxygen atoms in total. The van der Waals surface area contributed by atoms with Crippen molar-refractivity contribution in [2.45, 2.75) is 26.7 Å². The molecule has 0 radical (unpaired) electrons. The van der Waals surface area contributed by atoms with Crippen LogP contribution >= 0.6 is 15.9 Å². The Hall–Kier alpha value is -1.29. The smallest absolute Gasteiger partial charge is 0.129 e. The molecule has 1 aromatic heterocycles. The maximum atomic E-state index is 6.22. The van der Waals surface area contributed by atoms with Gasteiger partial charge in [0.05, 0.1) is 5.69 Å². The Morgan fingerprint density at radius 3 is 2.42 bits per heavy atom. The van der Waals surface area contributed by atoms with Gasteiger partial charge in [-0.2, -0.15) is 5.10 Å². The lowest BCUT2D eigenvalue weighted by Crippen LogP contribution is -2.05. The monoisotopic (exact) mass is 321 g/mol. The van der Waals surface area contributed by atoms with Gasteiger partial charge in [-0.1, -0.05) is 54.9 Å². The third kappa shape index (κ3) is 2.54. The van der Waals surface area contributed by atoms with Gasteiger partial charge in [0.25, 0.3) is 0 Å². The van der Waals surface area contributed by atoms with E-state index in [4.69, 9.17) is 5.73 Å². The summed E-state index contributed by atoms with van der Waals surface area (Å²) in [7, 11) is 1.90. The fourth-order valence-corrected chi connectivity index (χ4v) is 2.62. The normalized spacial score (nSPS) is 12.9. The van der Waals surface area contributed by atoms with Crippen LogP contribution < -0.4 is 5.73 Å². The second-order valence-electron chi connectivity index (χ2n) is 5.28. The van der Waals surface area contributed by atoms with Crippen LogP contribution in [0.15, 0.2) is 28.7 Å². The second-order valence-corrected chi connectivity index (χ2v) is 6.14. The molecule has 1 heterocycles. The molecule has 0 saturated carbocycles. The fraction of sp³-hybridized carbons (Fsp3) is 0.400. The van der Waals surface area contributed by atoms with E-state index in [1.54, 1.807) is 4.68 Å². The topological polar surface area (TPSA) is 43.8 Å². The average molecular weight is 322 g/mol. The lowest BCUT2D eigenvalue weighted by atomic mass is 9.90. The van der Waals surface area contributed by atoms with Crippen LogP contribution in [0.4, 0.5) is 5.82 Å². The summed E-state index contributed by atoms with van der Waals surface area (Å²) in [5.41, 5.74) is 9.45. The summed E-state index contributed by atoms with van der Waals surface area (Å²) in [6, 6.07) is 8.14. The molecule has 0 spiro atoms. The molecule has 0 aliphatic heterocycles. The summed E-state index contributed by atoms with van der Waals surface area (Å²) in [5, 5.41) is 4.62. The molecule has 2 rings (SSSR count). The number of rotatable bonds is 3. The molecule has 2 N–H and O–H groups in total. The fourth-order valence-electron chi connectivity index (χ4n) is 2.13. The van der Waals surface area contributed by atoms with Crippen LogP contribution in [0.5, 0.6) is 0 Å². The zero-order valence-corrected chi connectivity index (χ0v) is 13.4. The molecule has 0 amide bonds. The summed E-state index contributed by atoms with van der Waals surface area (Å²) >= 11 is 3.60. The van der Waals surface area contributed by atoms with Gasteiger partial charge in [0.1, 0.15) is 5.82 Å². The number of nitrogen functional groups attached to an aromatic ring is 1. The zero-order valence-electron chi connectivity index (χ0n) is 11.8. The minimum atomic E-state index is 0.366. The maximum absolute atomic E-state index is 6.22. The highest BCUT2D eigenvalue weighted by atomic mass is 79.9. The Kier molecular flexibility index (Phi) is 3.99. The summed E-state index contributed by atoms with van der Waals surface area (Å²) in [6.07, 6.45) is 0. The van der Waals surface area contributed by atoms with Crippen LogP contribution in [0.25, 0.3) is 11.1 Å². The van der Waals surface area contributed by atoms with Crippen molar-refractivity contribution < 1.29 is 0 Å². The van der Waals surface area contributed by atoms with Gasteiger partial charge in [-0.15, -0.1) is 0 Å². The number of hydrogen-bond donors (Lipinski definition) is 1. The van der Waals surface area contributed by atoms with Gasteiger partial charge in [-0.3, -0.25) is 4.68 Å². The average Bonchev–Trinajstić information content (AvgIpc) is 2.66. The number of nitrogens with zero attached hydrogens (tertiary/aromatic N) is 2. The molecule has 1 aromatic carbocycles. The standard InChI is InChI=1S/C15H20BrN3/c1-9(2)10(3)14-13(15(17)19(4)18-14)11-7-5-6-8-12(11)16/h5-10H,17H2,1-4H3. The molecule has 1 atom stereocenters. The van der Waals surface area contributed by atoms with E-state index in [-0.39, 0.29) is 0 Å².